The molecule has 0 bridgehead atoms. The molecule has 0 atom stereocenters. The van der Waals surface area contributed by atoms with Crippen LogP contribution in [0.1, 0.15) is 15.2 Å². The summed E-state index contributed by atoms with van der Waals surface area (Å²) in [6, 6.07) is 4.03. The van der Waals surface area contributed by atoms with Crippen molar-refractivity contribution in [3.8, 4) is 0 Å². The SMILES string of the molecule is NC(=O)c1ccc2c(Br)c(C(F)(F)P(=O)(O)O)sc2c1. The fraction of sp³-hybridized carbons (Fsp3) is 0.100. The summed E-state index contributed by atoms with van der Waals surface area (Å²) >= 11 is 3.41. The Morgan fingerprint density at radius 2 is 2.00 bits per heavy atom. The average Bonchev–Trinajstić information content (AvgIpc) is 2.65. The molecule has 2 rings (SSSR count). The van der Waals surface area contributed by atoms with E-state index in [9.17, 15) is 18.1 Å². The van der Waals surface area contributed by atoms with E-state index in [4.69, 9.17) is 15.5 Å². The van der Waals surface area contributed by atoms with Gasteiger partial charge < -0.3 is 15.5 Å². The lowest BCUT2D eigenvalue weighted by Gasteiger charge is -2.16. The van der Waals surface area contributed by atoms with Crippen molar-refractivity contribution in [1.29, 1.82) is 0 Å². The Balaban J connectivity index is 2.71. The zero-order chi connectivity index (χ0) is 15.3. The highest BCUT2D eigenvalue weighted by molar-refractivity contribution is 9.10. The highest BCUT2D eigenvalue weighted by Gasteiger charge is 2.53. The van der Waals surface area contributed by atoms with E-state index in [1.165, 1.54) is 18.2 Å². The van der Waals surface area contributed by atoms with Crippen molar-refractivity contribution in [3.05, 3.63) is 33.1 Å². The molecule has 10 heteroatoms. The number of hydrogen-bond donors (Lipinski definition) is 3. The molecule has 0 aliphatic heterocycles. The van der Waals surface area contributed by atoms with E-state index < -0.39 is 24.0 Å². The number of thiophene rings is 1. The third-order valence-corrected chi connectivity index (χ3v) is 5.97. The van der Waals surface area contributed by atoms with E-state index in [1.54, 1.807) is 0 Å². The first kappa shape index (κ1) is 15.5. The fourth-order valence-corrected chi connectivity index (χ4v) is 4.54. The summed E-state index contributed by atoms with van der Waals surface area (Å²) in [4.78, 5) is 27.8. The van der Waals surface area contributed by atoms with Crippen LogP contribution in [0.25, 0.3) is 10.1 Å². The first-order chi connectivity index (χ1) is 9.05. The third kappa shape index (κ3) is 2.40. The minimum absolute atomic E-state index is 0.109. The smallest absolute Gasteiger partial charge is 0.366 e. The zero-order valence-electron chi connectivity index (χ0n) is 9.51. The molecule has 0 aliphatic carbocycles. The van der Waals surface area contributed by atoms with E-state index in [0.717, 1.165) is 0 Å². The quantitative estimate of drug-likeness (QED) is 0.706. The maximum atomic E-state index is 13.7. The van der Waals surface area contributed by atoms with E-state index in [-0.39, 0.29) is 14.7 Å². The molecule has 20 heavy (non-hydrogen) atoms. The Kier molecular flexibility index (Phi) is 3.77. The molecule has 4 N–H and O–H groups in total. The third-order valence-electron chi connectivity index (χ3n) is 2.55. The van der Waals surface area contributed by atoms with Crippen molar-refractivity contribution in [2.45, 2.75) is 5.66 Å². The van der Waals surface area contributed by atoms with Gasteiger partial charge in [0, 0.05) is 20.1 Å². The maximum Gasteiger partial charge on any atom is 0.400 e. The topological polar surface area (TPSA) is 101 Å². The van der Waals surface area contributed by atoms with Crippen LogP contribution in [0.5, 0.6) is 0 Å². The summed E-state index contributed by atoms with van der Waals surface area (Å²) in [6.07, 6.45) is 0. The molecular formula is C10H7BrF2NO4PS. The standard InChI is InChI=1S/C10H7BrF2NO4PS/c11-7-5-2-1-4(9(14)15)3-6(5)20-8(7)10(12,13)19(16,17)18/h1-3H,(H2,14,15)(H2,16,17,18). The average molecular weight is 386 g/mol. The van der Waals surface area contributed by atoms with Crippen molar-refractivity contribution in [2.75, 3.05) is 0 Å². The number of halogens is 3. The van der Waals surface area contributed by atoms with Gasteiger partial charge in [-0.05, 0) is 28.1 Å². The van der Waals surface area contributed by atoms with E-state index in [2.05, 4.69) is 15.9 Å². The summed E-state index contributed by atoms with van der Waals surface area (Å²) < 4.78 is 38.6. The largest absolute Gasteiger partial charge is 0.400 e. The maximum absolute atomic E-state index is 13.7. The van der Waals surface area contributed by atoms with Gasteiger partial charge in [0.1, 0.15) is 4.88 Å². The van der Waals surface area contributed by atoms with Crippen LogP contribution in [0.2, 0.25) is 0 Å². The van der Waals surface area contributed by atoms with E-state index >= 15 is 0 Å². The van der Waals surface area contributed by atoms with Crippen molar-refractivity contribution in [1.82, 2.24) is 0 Å². The monoisotopic (exact) mass is 385 g/mol. The van der Waals surface area contributed by atoms with E-state index in [0.29, 0.717) is 16.7 Å². The molecule has 1 aromatic heterocycles. The number of hydrogen-bond acceptors (Lipinski definition) is 3. The molecular weight excluding hydrogens is 379 g/mol. The first-order valence-electron chi connectivity index (χ1n) is 5.01. The van der Waals surface area contributed by atoms with Crippen LogP contribution in [0.4, 0.5) is 8.78 Å². The predicted molar refractivity (Wildman–Crippen MR) is 74.0 cm³/mol. The summed E-state index contributed by atoms with van der Waals surface area (Å²) in [5.41, 5.74) is 0.905. The minimum atomic E-state index is -5.65. The van der Waals surface area contributed by atoms with Crippen LogP contribution in [-0.2, 0) is 10.2 Å². The molecule has 0 radical (unpaired) electrons. The van der Waals surface area contributed by atoms with Gasteiger partial charge in [0.2, 0.25) is 5.91 Å². The number of carbonyl (C=O) groups is 1. The summed E-state index contributed by atoms with van der Waals surface area (Å²) in [7, 11) is -5.65. The normalized spacial score (nSPS) is 12.8. The molecule has 5 nitrogen and oxygen atoms in total. The molecule has 0 saturated carbocycles. The number of alkyl halides is 2. The molecule has 1 amide bonds. The number of amides is 1. The van der Waals surface area contributed by atoms with Gasteiger partial charge in [0.05, 0.1) is 0 Å². The lowest BCUT2D eigenvalue weighted by atomic mass is 10.1. The van der Waals surface area contributed by atoms with Crippen LogP contribution in [0.3, 0.4) is 0 Å². The Labute approximate surface area is 123 Å². The molecule has 0 saturated heterocycles. The summed E-state index contributed by atoms with van der Waals surface area (Å²) in [5, 5.41) is 0.322. The Morgan fingerprint density at radius 1 is 1.40 bits per heavy atom. The van der Waals surface area contributed by atoms with Gasteiger partial charge in [-0.15, -0.1) is 11.3 Å². The van der Waals surface area contributed by atoms with Gasteiger partial charge in [-0.25, -0.2) is 0 Å². The highest BCUT2D eigenvalue weighted by Crippen LogP contribution is 2.62. The number of primary amides is 1. The molecule has 2 aromatic rings. The number of benzene rings is 1. The fourth-order valence-electron chi connectivity index (χ4n) is 1.54. The molecule has 1 heterocycles. The second-order valence-electron chi connectivity index (χ2n) is 3.91. The van der Waals surface area contributed by atoms with Crippen LogP contribution in [-0.4, -0.2) is 15.7 Å². The minimum Gasteiger partial charge on any atom is -0.366 e. The van der Waals surface area contributed by atoms with Gasteiger partial charge in [-0.3, -0.25) is 9.36 Å². The molecule has 0 spiro atoms. The molecule has 0 unspecified atom stereocenters. The molecule has 0 aliphatic rings. The summed E-state index contributed by atoms with van der Waals surface area (Å²) in [6.45, 7) is 0. The van der Waals surface area contributed by atoms with Crippen LogP contribution >= 0.6 is 34.9 Å². The van der Waals surface area contributed by atoms with E-state index in [1.807, 2.05) is 0 Å². The number of fused-ring (bicyclic) bond motifs is 1. The van der Waals surface area contributed by atoms with Crippen molar-refractivity contribution in [3.63, 3.8) is 0 Å². The van der Waals surface area contributed by atoms with Gasteiger partial charge in [-0.2, -0.15) is 8.78 Å². The predicted octanol–water partition coefficient (Wildman–Crippen LogP) is 2.99. The van der Waals surface area contributed by atoms with Gasteiger partial charge in [0.15, 0.2) is 0 Å². The van der Waals surface area contributed by atoms with Gasteiger partial charge >= 0.3 is 13.3 Å². The highest BCUT2D eigenvalue weighted by atomic mass is 79.9. The Morgan fingerprint density at radius 3 is 2.50 bits per heavy atom. The van der Waals surface area contributed by atoms with Gasteiger partial charge in [-0.1, -0.05) is 6.07 Å². The Bertz CT molecular complexity index is 757. The van der Waals surface area contributed by atoms with Crippen molar-refractivity contribution in [2.24, 2.45) is 5.73 Å². The number of rotatable bonds is 3. The lowest BCUT2D eigenvalue weighted by molar-refractivity contribution is 0.0595. The lowest BCUT2D eigenvalue weighted by Crippen LogP contribution is -2.12. The first-order valence-corrected chi connectivity index (χ1v) is 8.23. The van der Waals surface area contributed by atoms with Crippen molar-refractivity contribution < 1.29 is 27.9 Å². The van der Waals surface area contributed by atoms with Crippen LogP contribution < -0.4 is 5.73 Å². The summed E-state index contributed by atoms with van der Waals surface area (Å²) in [5.74, 6) is -0.722. The number of nitrogens with two attached hydrogens (primary N) is 1. The van der Waals surface area contributed by atoms with Crippen LogP contribution in [0, 0.1) is 0 Å². The van der Waals surface area contributed by atoms with Crippen molar-refractivity contribution >= 4 is 50.9 Å². The molecule has 108 valence electrons. The molecule has 0 fully saturated rings. The second kappa shape index (κ2) is 4.85. The zero-order valence-corrected chi connectivity index (χ0v) is 12.8. The van der Waals surface area contributed by atoms with Crippen LogP contribution in [0.15, 0.2) is 22.7 Å². The number of carbonyl (C=O) groups excluding carboxylic acids is 1. The van der Waals surface area contributed by atoms with Gasteiger partial charge in [0.25, 0.3) is 0 Å². The Hall–Kier alpha value is -0.860. The molecule has 1 aromatic carbocycles. The second-order valence-corrected chi connectivity index (χ2v) is 7.40.